The summed E-state index contributed by atoms with van der Waals surface area (Å²) in [5.74, 6) is -0.711. The van der Waals surface area contributed by atoms with Crippen LogP contribution in [0.15, 0.2) is 24.3 Å². The minimum Gasteiger partial charge on any atom is -0.396 e. The standard InChI is InChI=1S/C18H24FNO4/c1-20(12-18(13-21)8-10-24-11-9-18)17(23)7-6-16(22)14-2-4-15(19)5-3-14/h2-5,21H,6-13H2,1H3. The van der Waals surface area contributed by atoms with Crippen LogP contribution in [0.2, 0.25) is 0 Å². The highest BCUT2D eigenvalue weighted by atomic mass is 19.1. The Morgan fingerprint density at radius 3 is 2.42 bits per heavy atom. The van der Waals surface area contributed by atoms with Crippen LogP contribution in [0, 0.1) is 11.2 Å². The van der Waals surface area contributed by atoms with Gasteiger partial charge in [-0.15, -0.1) is 0 Å². The Kier molecular flexibility index (Phi) is 6.45. The van der Waals surface area contributed by atoms with Crippen LogP contribution >= 0.6 is 0 Å². The van der Waals surface area contributed by atoms with Gasteiger partial charge in [-0.3, -0.25) is 9.59 Å². The van der Waals surface area contributed by atoms with Crippen LogP contribution in [-0.4, -0.2) is 55.1 Å². The number of hydrogen-bond donors (Lipinski definition) is 1. The normalized spacial score (nSPS) is 16.6. The van der Waals surface area contributed by atoms with E-state index in [1.807, 2.05) is 0 Å². The fourth-order valence-electron chi connectivity index (χ4n) is 2.95. The molecule has 1 fully saturated rings. The Morgan fingerprint density at radius 1 is 1.21 bits per heavy atom. The molecule has 5 nitrogen and oxygen atoms in total. The quantitative estimate of drug-likeness (QED) is 0.773. The summed E-state index contributed by atoms with van der Waals surface area (Å²) < 4.78 is 18.2. The predicted molar refractivity (Wildman–Crippen MR) is 87.2 cm³/mol. The van der Waals surface area contributed by atoms with Gasteiger partial charge in [0.25, 0.3) is 0 Å². The van der Waals surface area contributed by atoms with E-state index in [-0.39, 0.29) is 36.6 Å². The largest absolute Gasteiger partial charge is 0.396 e. The van der Waals surface area contributed by atoms with E-state index in [1.54, 1.807) is 11.9 Å². The third-order valence-electron chi connectivity index (χ3n) is 4.62. The number of ketones is 1. The summed E-state index contributed by atoms with van der Waals surface area (Å²) in [6.07, 6.45) is 1.63. The van der Waals surface area contributed by atoms with Gasteiger partial charge in [-0.05, 0) is 37.1 Å². The zero-order valence-corrected chi connectivity index (χ0v) is 14.0. The summed E-state index contributed by atoms with van der Waals surface area (Å²) in [5.41, 5.74) is 0.0898. The van der Waals surface area contributed by atoms with E-state index in [4.69, 9.17) is 4.74 Å². The zero-order valence-electron chi connectivity index (χ0n) is 14.0. The third-order valence-corrected chi connectivity index (χ3v) is 4.62. The minimum atomic E-state index is -0.395. The molecule has 132 valence electrons. The molecule has 1 aromatic rings. The maximum absolute atomic E-state index is 12.9. The molecule has 0 radical (unpaired) electrons. The molecule has 1 N–H and O–H groups in total. The lowest BCUT2D eigenvalue weighted by atomic mass is 9.80. The lowest BCUT2D eigenvalue weighted by Gasteiger charge is -2.38. The predicted octanol–water partition coefficient (Wildman–Crippen LogP) is 2.04. The third kappa shape index (κ3) is 4.85. The molecule has 1 aliphatic rings. The van der Waals surface area contributed by atoms with Crippen LogP contribution in [0.25, 0.3) is 0 Å². The molecule has 0 atom stereocenters. The number of ether oxygens (including phenoxy) is 1. The lowest BCUT2D eigenvalue weighted by molar-refractivity contribution is -0.133. The van der Waals surface area contributed by atoms with E-state index in [0.717, 1.165) is 12.8 Å². The van der Waals surface area contributed by atoms with Crippen molar-refractivity contribution in [1.29, 1.82) is 0 Å². The highest BCUT2D eigenvalue weighted by Crippen LogP contribution is 2.30. The second-order valence-electron chi connectivity index (χ2n) is 6.45. The van der Waals surface area contributed by atoms with Gasteiger partial charge in [-0.25, -0.2) is 4.39 Å². The van der Waals surface area contributed by atoms with Crippen molar-refractivity contribution in [2.75, 3.05) is 33.4 Å². The molecule has 0 unspecified atom stereocenters. The fraction of sp³-hybridized carbons (Fsp3) is 0.556. The molecule has 24 heavy (non-hydrogen) atoms. The average Bonchev–Trinajstić information content (AvgIpc) is 2.60. The highest BCUT2D eigenvalue weighted by Gasteiger charge is 2.34. The van der Waals surface area contributed by atoms with Gasteiger partial charge in [-0.1, -0.05) is 0 Å². The molecule has 0 bridgehead atoms. The van der Waals surface area contributed by atoms with Crippen molar-refractivity contribution < 1.29 is 23.8 Å². The molecule has 1 aliphatic heterocycles. The Labute approximate surface area is 141 Å². The number of halogens is 1. The molecule has 1 amide bonds. The van der Waals surface area contributed by atoms with E-state index in [1.165, 1.54) is 24.3 Å². The summed E-state index contributed by atoms with van der Waals surface area (Å²) in [5, 5.41) is 9.68. The minimum absolute atomic E-state index is 0.0164. The summed E-state index contributed by atoms with van der Waals surface area (Å²) >= 11 is 0. The number of amides is 1. The molecule has 1 heterocycles. The summed E-state index contributed by atoms with van der Waals surface area (Å²) in [6, 6.07) is 5.32. The first-order valence-electron chi connectivity index (χ1n) is 8.17. The molecular weight excluding hydrogens is 313 g/mol. The van der Waals surface area contributed by atoms with Crippen molar-refractivity contribution in [1.82, 2.24) is 4.90 Å². The van der Waals surface area contributed by atoms with Crippen molar-refractivity contribution in [3.8, 4) is 0 Å². The summed E-state index contributed by atoms with van der Waals surface area (Å²) in [7, 11) is 1.69. The van der Waals surface area contributed by atoms with Gasteiger partial charge < -0.3 is 14.7 Å². The van der Waals surface area contributed by atoms with Gasteiger partial charge in [-0.2, -0.15) is 0 Å². The van der Waals surface area contributed by atoms with E-state index in [2.05, 4.69) is 0 Å². The number of carbonyl (C=O) groups is 2. The van der Waals surface area contributed by atoms with Gasteiger partial charge in [0.15, 0.2) is 5.78 Å². The number of rotatable bonds is 7. The number of benzene rings is 1. The molecule has 1 saturated heterocycles. The number of Topliss-reactive ketones (excluding diaryl/α,β-unsaturated/α-hetero) is 1. The number of aliphatic hydroxyl groups excluding tert-OH is 1. The first-order valence-corrected chi connectivity index (χ1v) is 8.17. The summed E-state index contributed by atoms with van der Waals surface area (Å²) in [4.78, 5) is 25.9. The van der Waals surface area contributed by atoms with Crippen molar-refractivity contribution in [2.45, 2.75) is 25.7 Å². The topological polar surface area (TPSA) is 66.8 Å². The molecule has 6 heteroatoms. The first kappa shape index (κ1) is 18.5. The smallest absolute Gasteiger partial charge is 0.222 e. The molecule has 2 rings (SSSR count). The van der Waals surface area contributed by atoms with Gasteiger partial charge in [0.1, 0.15) is 5.82 Å². The fourth-order valence-corrected chi connectivity index (χ4v) is 2.95. The molecule has 0 aromatic heterocycles. The molecule has 1 aromatic carbocycles. The Hall–Kier alpha value is -1.79. The molecule has 0 spiro atoms. The number of aliphatic hydroxyl groups is 1. The second-order valence-corrected chi connectivity index (χ2v) is 6.45. The average molecular weight is 337 g/mol. The summed E-state index contributed by atoms with van der Waals surface area (Å²) in [6.45, 7) is 1.65. The van der Waals surface area contributed by atoms with Crippen molar-refractivity contribution in [3.05, 3.63) is 35.6 Å². The van der Waals surface area contributed by atoms with E-state index >= 15 is 0 Å². The van der Waals surface area contributed by atoms with Crippen LogP contribution in [0.1, 0.15) is 36.0 Å². The number of hydrogen-bond acceptors (Lipinski definition) is 4. The van der Waals surface area contributed by atoms with Gasteiger partial charge in [0, 0.05) is 50.6 Å². The second kappa shape index (κ2) is 8.35. The Balaban J connectivity index is 1.84. The number of carbonyl (C=O) groups excluding carboxylic acids is 2. The zero-order chi connectivity index (χ0) is 17.6. The van der Waals surface area contributed by atoms with Crippen molar-refractivity contribution in [2.24, 2.45) is 5.41 Å². The van der Waals surface area contributed by atoms with Crippen molar-refractivity contribution in [3.63, 3.8) is 0 Å². The maximum Gasteiger partial charge on any atom is 0.222 e. The Bertz CT molecular complexity index is 567. The van der Waals surface area contributed by atoms with Gasteiger partial charge >= 0.3 is 0 Å². The monoisotopic (exact) mass is 337 g/mol. The van der Waals surface area contributed by atoms with Crippen molar-refractivity contribution >= 4 is 11.7 Å². The lowest BCUT2D eigenvalue weighted by Crippen LogP contribution is -2.44. The first-order chi connectivity index (χ1) is 11.5. The van der Waals surface area contributed by atoms with Crippen LogP contribution in [0.5, 0.6) is 0 Å². The van der Waals surface area contributed by atoms with Crippen LogP contribution in [-0.2, 0) is 9.53 Å². The van der Waals surface area contributed by atoms with E-state index < -0.39 is 5.82 Å². The maximum atomic E-state index is 12.9. The van der Waals surface area contributed by atoms with E-state index in [0.29, 0.717) is 25.3 Å². The highest BCUT2D eigenvalue weighted by molar-refractivity contribution is 5.97. The van der Waals surface area contributed by atoms with Gasteiger partial charge in [0.2, 0.25) is 5.91 Å². The van der Waals surface area contributed by atoms with Crippen LogP contribution in [0.4, 0.5) is 4.39 Å². The van der Waals surface area contributed by atoms with Crippen LogP contribution < -0.4 is 0 Å². The van der Waals surface area contributed by atoms with E-state index in [9.17, 15) is 19.1 Å². The number of nitrogens with zero attached hydrogens (tertiary/aromatic N) is 1. The van der Waals surface area contributed by atoms with Crippen LogP contribution in [0.3, 0.4) is 0 Å². The Morgan fingerprint density at radius 2 is 1.83 bits per heavy atom. The molecule has 0 saturated carbocycles. The van der Waals surface area contributed by atoms with Gasteiger partial charge in [0.05, 0.1) is 6.61 Å². The SMILES string of the molecule is CN(CC1(CO)CCOCC1)C(=O)CCC(=O)c1ccc(F)cc1. The molecular formula is C18H24FNO4. The molecule has 0 aliphatic carbocycles.